The molecule has 0 saturated carbocycles. The van der Waals surface area contributed by atoms with Gasteiger partial charge in [-0.3, -0.25) is 9.59 Å². The van der Waals surface area contributed by atoms with E-state index in [1.165, 1.54) is 0 Å². The molecule has 0 N–H and O–H groups in total. The van der Waals surface area contributed by atoms with E-state index in [0.717, 1.165) is 0 Å². The fourth-order valence-corrected chi connectivity index (χ4v) is 1.89. The molecule has 98 valence electrons. The number of hydrogen-bond donors (Lipinski definition) is 0. The third-order valence-electron chi connectivity index (χ3n) is 2.84. The van der Waals surface area contributed by atoms with Crippen LogP contribution in [0, 0.1) is 0 Å². The summed E-state index contributed by atoms with van der Waals surface area (Å²) in [5.41, 5.74) is -0.657. The van der Waals surface area contributed by atoms with Gasteiger partial charge in [-0.2, -0.15) is 0 Å². The van der Waals surface area contributed by atoms with Gasteiger partial charge >= 0.3 is 5.97 Å². The van der Waals surface area contributed by atoms with Crippen LogP contribution in [0.2, 0.25) is 5.02 Å². The summed E-state index contributed by atoms with van der Waals surface area (Å²) >= 11 is 5.92. The van der Waals surface area contributed by atoms with Crippen LogP contribution in [0.1, 0.15) is 39.2 Å². The summed E-state index contributed by atoms with van der Waals surface area (Å²) < 4.78 is 5.33. The molecule has 0 aliphatic carbocycles. The molecule has 0 aliphatic rings. The SMILES string of the molecule is CCC(=O)OC(C)(C(=O)CC)c1cccc(Cl)c1. The average Bonchev–Trinajstić information content (AvgIpc) is 2.37. The highest BCUT2D eigenvalue weighted by molar-refractivity contribution is 6.30. The van der Waals surface area contributed by atoms with Crippen LogP contribution in [0.5, 0.6) is 0 Å². The van der Waals surface area contributed by atoms with Crippen LogP contribution in [0.3, 0.4) is 0 Å². The standard InChI is InChI=1S/C14H17ClO3/c1-4-12(16)14(3,18-13(17)5-2)10-7-6-8-11(15)9-10/h6-9H,4-5H2,1-3H3. The van der Waals surface area contributed by atoms with Crippen LogP contribution in [0.4, 0.5) is 0 Å². The van der Waals surface area contributed by atoms with Gasteiger partial charge in [0.2, 0.25) is 0 Å². The monoisotopic (exact) mass is 268 g/mol. The quantitative estimate of drug-likeness (QED) is 0.768. The fraction of sp³-hybridized carbons (Fsp3) is 0.429. The van der Waals surface area contributed by atoms with Crippen molar-refractivity contribution in [2.24, 2.45) is 0 Å². The minimum atomic E-state index is -1.26. The highest BCUT2D eigenvalue weighted by Crippen LogP contribution is 2.30. The van der Waals surface area contributed by atoms with E-state index < -0.39 is 11.6 Å². The lowest BCUT2D eigenvalue weighted by molar-refractivity contribution is -0.166. The summed E-state index contributed by atoms with van der Waals surface area (Å²) in [7, 11) is 0. The number of benzene rings is 1. The number of esters is 1. The van der Waals surface area contributed by atoms with Crippen molar-refractivity contribution >= 4 is 23.4 Å². The Morgan fingerprint density at radius 2 is 1.94 bits per heavy atom. The number of halogens is 1. The smallest absolute Gasteiger partial charge is 0.306 e. The molecule has 1 atom stereocenters. The lowest BCUT2D eigenvalue weighted by Gasteiger charge is -2.28. The molecule has 0 aliphatic heterocycles. The Balaban J connectivity index is 3.19. The molecule has 1 rings (SSSR count). The Morgan fingerprint density at radius 3 is 2.44 bits per heavy atom. The first kappa shape index (κ1) is 14.7. The van der Waals surface area contributed by atoms with E-state index in [4.69, 9.17) is 16.3 Å². The maximum absolute atomic E-state index is 12.1. The van der Waals surface area contributed by atoms with Gasteiger partial charge in [-0.05, 0) is 19.1 Å². The number of Topliss-reactive ketones (excluding diaryl/α,β-unsaturated/α-hetero) is 1. The molecular weight excluding hydrogens is 252 g/mol. The molecule has 1 aromatic rings. The van der Waals surface area contributed by atoms with Crippen molar-refractivity contribution in [2.45, 2.75) is 39.2 Å². The van der Waals surface area contributed by atoms with Crippen molar-refractivity contribution in [1.29, 1.82) is 0 Å². The Bertz CT molecular complexity index is 456. The third-order valence-corrected chi connectivity index (χ3v) is 3.07. The normalized spacial score (nSPS) is 13.8. The lowest BCUT2D eigenvalue weighted by atomic mass is 9.89. The predicted molar refractivity (Wildman–Crippen MR) is 70.5 cm³/mol. The van der Waals surface area contributed by atoms with Crippen LogP contribution in [-0.4, -0.2) is 11.8 Å². The summed E-state index contributed by atoms with van der Waals surface area (Å²) in [5, 5.41) is 0.509. The van der Waals surface area contributed by atoms with Crippen LogP contribution in [-0.2, 0) is 19.9 Å². The molecule has 3 nitrogen and oxygen atoms in total. The van der Waals surface area contributed by atoms with Crippen molar-refractivity contribution in [1.82, 2.24) is 0 Å². The highest BCUT2D eigenvalue weighted by atomic mass is 35.5. The molecule has 1 unspecified atom stereocenters. The summed E-state index contributed by atoms with van der Waals surface area (Å²) in [6.45, 7) is 5.04. The van der Waals surface area contributed by atoms with Crippen molar-refractivity contribution in [3.05, 3.63) is 34.9 Å². The first-order chi connectivity index (χ1) is 8.43. The molecule has 4 heteroatoms. The van der Waals surface area contributed by atoms with Crippen LogP contribution < -0.4 is 0 Å². The summed E-state index contributed by atoms with van der Waals surface area (Å²) in [6.07, 6.45) is 0.521. The molecule has 0 fully saturated rings. The molecule has 0 aromatic heterocycles. The number of ether oxygens (including phenoxy) is 1. The van der Waals surface area contributed by atoms with E-state index in [0.29, 0.717) is 17.0 Å². The first-order valence-corrected chi connectivity index (χ1v) is 6.33. The Hall–Kier alpha value is -1.35. The van der Waals surface area contributed by atoms with Crippen LogP contribution >= 0.6 is 11.6 Å². The number of rotatable bonds is 5. The Kier molecular flexibility index (Phi) is 4.91. The molecule has 1 aromatic carbocycles. The molecule has 0 heterocycles. The molecule has 18 heavy (non-hydrogen) atoms. The third kappa shape index (κ3) is 3.10. The van der Waals surface area contributed by atoms with Gasteiger partial charge in [0.1, 0.15) is 0 Å². The van der Waals surface area contributed by atoms with Gasteiger partial charge in [-0.15, -0.1) is 0 Å². The van der Waals surface area contributed by atoms with Crippen LogP contribution in [0.15, 0.2) is 24.3 Å². The lowest BCUT2D eigenvalue weighted by Crippen LogP contribution is -2.37. The average molecular weight is 269 g/mol. The molecule has 0 bridgehead atoms. The minimum Gasteiger partial charge on any atom is -0.446 e. The van der Waals surface area contributed by atoms with Crippen molar-refractivity contribution in [2.75, 3.05) is 0 Å². The molecule has 0 amide bonds. The minimum absolute atomic E-state index is 0.147. The molecular formula is C14H17ClO3. The maximum atomic E-state index is 12.1. The van der Waals surface area contributed by atoms with Gasteiger partial charge in [0.15, 0.2) is 11.4 Å². The zero-order valence-corrected chi connectivity index (χ0v) is 11.6. The van der Waals surface area contributed by atoms with Gasteiger partial charge in [-0.25, -0.2) is 0 Å². The second kappa shape index (κ2) is 6.01. The maximum Gasteiger partial charge on any atom is 0.306 e. The Labute approximate surface area is 112 Å². The van der Waals surface area contributed by atoms with Gasteiger partial charge in [0.05, 0.1) is 0 Å². The fourth-order valence-electron chi connectivity index (χ4n) is 1.70. The van der Waals surface area contributed by atoms with E-state index in [2.05, 4.69) is 0 Å². The van der Waals surface area contributed by atoms with Crippen molar-refractivity contribution < 1.29 is 14.3 Å². The molecule has 0 radical (unpaired) electrons. The van der Waals surface area contributed by atoms with Gasteiger partial charge in [0.25, 0.3) is 0 Å². The van der Waals surface area contributed by atoms with E-state index in [9.17, 15) is 9.59 Å². The topological polar surface area (TPSA) is 43.4 Å². The van der Waals surface area contributed by atoms with Crippen LogP contribution in [0.25, 0.3) is 0 Å². The molecule has 0 saturated heterocycles. The second-order valence-electron chi connectivity index (χ2n) is 4.15. The predicted octanol–water partition coefficient (Wildman–Crippen LogP) is 3.49. The zero-order chi connectivity index (χ0) is 13.8. The highest BCUT2D eigenvalue weighted by Gasteiger charge is 2.37. The largest absolute Gasteiger partial charge is 0.446 e. The summed E-state index contributed by atoms with van der Waals surface area (Å²) in [5.74, 6) is -0.550. The second-order valence-corrected chi connectivity index (χ2v) is 4.58. The number of hydrogen-bond acceptors (Lipinski definition) is 3. The number of carbonyl (C=O) groups is 2. The van der Waals surface area contributed by atoms with Gasteiger partial charge in [-0.1, -0.05) is 37.6 Å². The van der Waals surface area contributed by atoms with E-state index in [-0.39, 0.29) is 12.2 Å². The zero-order valence-electron chi connectivity index (χ0n) is 10.8. The van der Waals surface area contributed by atoms with E-state index >= 15 is 0 Å². The summed E-state index contributed by atoms with van der Waals surface area (Å²) in [4.78, 5) is 23.6. The summed E-state index contributed by atoms with van der Waals surface area (Å²) in [6, 6.07) is 6.84. The number of carbonyl (C=O) groups excluding carboxylic acids is 2. The van der Waals surface area contributed by atoms with E-state index in [1.807, 2.05) is 0 Å². The molecule has 0 spiro atoms. The van der Waals surface area contributed by atoms with Gasteiger partial charge < -0.3 is 4.74 Å². The Morgan fingerprint density at radius 1 is 1.28 bits per heavy atom. The first-order valence-electron chi connectivity index (χ1n) is 5.95. The van der Waals surface area contributed by atoms with Crippen molar-refractivity contribution in [3.8, 4) is 0 Å². The van der Waals surface area contributed by atoms with Gasteiger partial charge in [0, 0.05) is 23.4 Å². The van der Waals surface area contributed by atoms with Crippen molar-refractivity contribution in [3.63, 3.8) is 0 Å². The number of ketones is 1. The van der Waals surface area contributed by atoms with E-state index in [1.54, 1.807) is 45.0 Å².